The Morgan fingerprint density at radius 3 is 2.68 bits per heavy atom. The lowest BCUT2D eigenvalue weighted by Gasteiger charge is -2.37. The Morgan fingerprint density at radius 2 is 2.04 bits per heavy atom. The molecule has 0 aliphatic carbocycles. The Kier molecular flexibility index (Phi) is 6.27. The fourth-order valence-electron chi connectivity index (χ4n) is 2.76. The Bertz CT molecular complexity index is 662. The number of ether oxygens (including phenoxy) is 1. The second-order valence-corrected chi connectivity index (χ2v) is 6.21. The van der Waals surface area contributed by atoms with Crippen LogP contribution in [0.3, 0.4) is 0 Å². The van der Waals surface area contributed by atoms with Crippen molar-refractivity contribution in [2.24, 2.45) is 0 Å². The molecule has 0 bridgehead atoms. The monoisotopic (exact) mass is 361 g/mol. The van der Waals surface area contributed by atoms with Crippen LogP contribution in [-0.4, -0.2) is 65.0 Å². The summed E-state index contributed by atoms with van der Waals surface area (Å²) < 4.78 is 5.65. The molecule has 1 fully saturated rings. The van der Waals surface area contributed by atoms with E-state index in [-0.39, 0.29) is 6.04 Å². The summed E-state index contributed by atoms with van der Waals surface area (Å²) >= 11 is 5.88. The maximum atomic E-state index is 11.4. The molecule has 0 amide bonds. The van der Waals surface area contributed by atoms with E-state index in [0.29, 0.717) is 18.2 Å². The lowest BCUT2D eigenvalue weighted by molar-refractivity contribution is -0.115. The van der Waals surface area contributed by atoms with Crippen LogP contribution in [0, 0.1) is 0 Å². The fourth-order valence-corrected chi connectivity index (χ4v) is 2.87. The summed E-state index contributed by atoms with van der Waals surface area (Å²) in [5.41, 5.74) is 0.804. The summed E-state index contributed by atoms with van der Waals surface area (Å²) in [6.07, 6.45) is 5.77. The molecule has 2 aromatic rings. The molecule has 1 unspecified atom stereocenters. The molecule has 0 saturated carbocycles. The number of aromatic nitrogens is 3. The maximum Gasteiger partial charge on any atom is 0.139 e. The number of carbonyl (C=O) groups is 1. The minimum absolute atomic E-state index is 0.248. The van der Waals surface area contributed by atoms with E-state index < -0.39 is 0 Å². The van der Waals surface area contributed by atoms with Crippen LogP contribution >= 0.6 is 11.6 Å². The van der Waals surface area contributed by atoms with Gasteiger partial charge in [-0.3, -0.25) is 4.90 Å². The minimum atomic E-state index is -0.248. The Balaban J connectivity index is 1.46. The zero-order chi connectivity index (χ0) is 17.5. The van der Waals surface area contributed by atoms with Gasteiger partial charge in [0, 0.05) is 38.6 Å². The van der Waals surface area contributed by atoms with Crippen molar-refractivity contribution in [2.75, 3.05) is 37.7 Å². The standard InChI is InChI=1S/C17H20ClN5O2/c18-14-1-2-17(20-9-14)23-7-5-22(6-8-23)16(10-24)12-25-11-15-3-4-19-13-21-15/h1-4,9-10,13,16H,5-8,11-12H2. The molecule has 132 valence electrons. The molecule has 0 aromatic carbocycles. The Hall–Kier alpha value is -2.09. The first-order valence-electron chi connectivity index (χ1n) is 8.15. The van der Waals surface area contributed by atoms with Crippen molar-refractivity contribution >= 4 is 23.7 Å². The number of rotatable bonds is 7. The zero-order valence-electron chi connectivity index (χ0n) is 13.8. The SMILES string of the molecule is O=CC(COCc1ccncn1)N1CCN(c2ccc(Cl)cn2)CC1. The van der Waals surface area contributed by atoms with Crippen LogP contribution in [0.5, 0.6) is 0 Å². The van der Waals surface area contributed by atoms with Gasteiger partial charge in [0.15, 0.2) is 0 Å². The molecule has 25 heavy (non-hydrogen) atoms. The summed E-state index contributed by atoms with van der Waals surface area (Å²) in [5.74, 6) is 0.909. The minimum Gasteiger partial charge on any atom is -0.373 e. The van der Waals surface area contributed by atoms with Gasteiger partial charge < -0.3 is 14.4 Å². The molecule has 2 aromatic heterocycles. The van der Waals surface area contributed by atoms with Gasteiger partial charge in [-0.1, -0.05) is 11.6 Å². The van der Waals surface area contributed by atoms with E-state index in [1.165, 1.54) is 6.33 Å². The van der Waals surface area contributed by atoms with E-state index in [0.717, 1.165) is 44.0 Å². The van der Waals surface area contributed by atoms with Gasteiger partial charge in [0.2, 0.25) is 0 Å². The number of anilines is 1. The molecule has 1 aliphatic rings. The van der Waals surface area contributed by atoms with E-state index in [9.17, 15) is 4.79 Å². The second-order valence-electron chi connectivity index (χ2n) is 5.78. The zero-order valence-corrected chi connectivity index (χ0v) is 14.5. The number of nitrogens with zero attached hydrogens (tertiary/aromatic N) is 5. The van der Waals surface area contributed by atoms with E-state index in [2.05, 4.69) is 24.8 Å². The number of carbonyl (C=O) groups excluding carboxylic acids is 1. The number of pyridine rings is 1. The van der Waals surface area contributed by atoms with E-state index in [1.807, 2.05) is 12.1 Å². The van der Waals surface area contributed by atoms with Gasteiger partial charge in [-0.15, -0.1) is 0 Å². The second kappa shape index (κ2) is 8.84. The number of halogens is 1. The summed E-state index contributed by atoms with van der Waals surface area (Å²) in [7, 11) is 0. The van der Waals surface area contributed by atoms with Crippen LogP contribution in [-0.2, 0) is 16.1 Å². The van der Waals surface area contributed by atoms with Crippen LogP contribution in [0.25, 0.3) is 0 Å². The molecule has 0 radical (unpaired) electrons. The molecular formula is C17H20ClN5O2. The molecule has 0 N–H and O–H groups in total. The molecule has 8 heteroatoms. The normalized spacial score (nSPS) is 16.6. The first-order valence-corrected chi connectivity index (χ1v) is 8.52. The topological polar surface area (TPSA) is 71.5 Å². The highest BCUT2D eigenvalue weighted by Gasteiger charge is 2.24. The molecule has 3 rings (SSSR count). The number of aldehydes is 1. The van der Waals surface area contributed by atoms with Crippen LogP contribution in [0.4, 0.5) is 5.82 Å². The van der Waals surface area contributed by atoms with Crippen LogP contribution in [0.1, 0.15) is 5.69 Å². The van der Waals surface area contributed by atoms with Crippen LogP contribution in [0.2, 0.25) is 5.02 Å². The van der Waals surface area contributed by atoms with E-state index in [4.69, 9.17) is 16.3 Å². The first kappa shape index (κ1) is 17.7. The third kappa shape index (κ3) is 4.94. The van der Waals surface area contributed by atoms with Gasteiger partial charge in [0.05, 0.1) is 30.0 Å². The predicted octanol–water partition coefficient (Wildman–Crippen LogP) is 1.43. The average Bonchev–Trinajstić information content (AvgIpc) is 2.67. The molecule has 1 aliphatic heterocycles. The van der Waals surface area contributed by atoms with Crippen molar-refractivity contribution in [1.82, 2.24) is 19.9 Å². The summed E-state index contributed by atoms with van der Waals surface area (Å²) in [5, 5.41) is 0.629. The van der Waals surface area contributed by atoms with Gasteiger partial charge in [-0.2, -0.15) is 0 Å². The predicted molar refractivity (Wildman–Crippen MR) is 94.6 cm³/mol. The third-order valence-corrected chi connectivity index (χ3v) is 4.38. The van der Waals surface area contributed by atoms with Crippen molar-refractivity contribution in [1.29, 1.82) is 0 Å². The van der Waals surface area contributed by atoms with Gasteiger partial charge >= 0.3 is 0 Å². The highest BCUT2D eigenvalue weighted by molar-refractivity contribution is 6.30. The molecule has 1 atom stereocenters. The number of piperazine rings is 1. The van der Waals surface area contributed by atoms with Crippen LogP contribution in [0.15, 0.2) is 36.9 Å². The Labute approximate surface area is 151 Å². The van der Waals surface area contributed by atoms with Gasteiger partial charge in [0.1, 0.15) is 18.4 Å². The summed E-state index contributed by atoms with van der Waals surface area (Å²) in [6.45, 7) is 3.92. The quantitative estimate of drug-likeness (QED) is 0.691. The van der Waals surface area contributed by atoms with Crippen molar-refractivity contribution < 1.29 is 9.53 Å². The summed E-state index contributed by atoms with van der Waals surface area (Å²) in [4.78, 5) is 28.1. The van der Waals surface area contributed by atoms with Gasteiger partial charge in [-0.25, -0.2) is 15.0 Å². The maximum absolute atomic E-state index is 11.4. The number of hydrogen-bond donors (Lipinski definition) is 0. The molecular weight excluding hydrogens is 342 g/mol. The Morgan fingerprint density at radius 1 is 1.20 bits per heavy atom. The van der Waals surface area contributed by atoms with Crippen LogP contribution < -0.4 is 4.90 Å². The smallest absolute Gasteiger partial charge is 0.139 e. The first-order chi connectivity index (χ1) is 12.3. The lowest BCUT2D eigenvalue weighted by Crippen LogP contribution is -2.52. The molecule has 1 saturated heterocycles. The third-order valence-electron chi connectivity index (χ3n) is 4.16. The van der Waals surface area contributed by atoms with Crippen molar-refractivity contribution in [3.05, 3.63) is 47.6 Å². The average molecular weight is 362 g/mol. The highest BCUT2D eigenvalue weighted by atomic mass is 35.5. The van der Waals surface area contributed by atoms with E-state index >= 15 is 0 Å². The van der Waals surface area contributed by atoms with Crippen molar-refractivity contribution in [2.45, 2.75) is 12.6 Å². The van der Waals surface area contributed by atoms with Gasteiger partial charge in [0.25, 0.3) is 0 Å². The fraction of sp³-hybridized carbons (Fsp3) is 0.412. The highest BCUT2D eigenvalue weighted by Crippen LogP contribution is 2.17. The number of hydrogen-bond acceptors (Lipinski definition) is 7. The molecule has 7 nitrogen and oxygen atoms in total. The molecule has 3 heterocycles. The van der Waals surface area contributed by atoms with E-state index in [1.54, 1.807) is 18.5 Å². The summed E-state index contributed by atoms with van der Waals surface area (Å²) in [6, 6.07) is 5.31. The molecule has 0 spiro atoms. The van der Waals surface area contributed by atoms with Crippen molar-refractivity contribution in [3.8, 4) is 0 Å². The lowest BCUT2D eigenvalue weighted by atomic mass is 10.2. The van der Waals surface area contributed by atoms with Crippen molar-refractivity contribution in [3.63, 3.8) is 0 Å². The van der Waals surface area contributed by atoms with Gasteiger partial charge in [-0.05, 0) is 18.2 Å². The largest absolute Gasteiger partial charge is 0.373 e.